The minimum atomic E-state index is 0.0388. The van der Waals surface area contributed by atoms with E-state index in [0.29, 0.717) is 0 Å². The molecule has 0 bridgehead atoms. The summed E-state index contributed by atoms with van der Waals surface area (Å²) < 4.78 is 0. The molecule has 3 nitrogen and oxygen atoms in total. The zero-order valence-electron chi connectivity index (χ0n) is 10.4. The molecule has 0 saturated carbocycles. The van der Waals surface area contributed by atoms with Gasteiger partial charge in [0.25, 0.3) is 0 Å². The summed E-state index contributed by atoms with van der Waals surface area (Å²) in [6.45, 7) is 0.896. The van der Waals surface area contributed by atoms with E-state index < -0.39 is 0 Å². The SMILES string of the molecule is NCC(=O)N1CCCCCC1c1ccc(Cl)cc1. The van der Waals surface area contributed by atoms with Crippen LogP contribution < -0.4 is 5.73 Å². The van der Waals surface area contributed by atoms with Crippen LogP contribution in [0.1, 0.15) is 37.3 Å². The summed E-state index contributed by atoms with van der Waals surface area (Å²) in [6.07, 6.45) is 4.41. The number of hydrogen-bond acceptors (Lipinski definition) is 2. The van der Waals surface area contributed by atoms with E-state index in [1.54, 1.807) is 0 Å². The van der Waals surface area contributed by atoms with Crippen LogP contribution in [0.5, 0.6) is 0 Å². The van der Waals surface area contributed by atoms with Gasteiger partial charge in [-0.05, 0) is 30.5 Å². The van der Waals surface area contributed by atoms with Gasteiger partial charge >= 0.3 is 0 Å². The Kier molecular flexibility index (Phi) is 4.61. The lowest BCUT2D eigenvalue weighted by atomic mass is 10.0. The highest BCUT2D eigenvalue weighted by molar-refractivity contribution is 6.30. The molecule has 0 aromatic heterocycles. The van der Waals surface area contributed by atoms with Crippen LogP contribution in [-0.4, -0.2) is 23.9 Å². The van der Waals surface area contributed by atoms with Crippen LogP contribution in [0.2, 0.25) is 5.02 Å². The van der Waals surface area contributed by atoms with Gasteiger partial charge in [0.2, 0.25) is 5.91 Å². The summed E-state index contributed by atoms with van der Waals surface area (Å²) in [5.41, 5.74) is 6.66. The normalized spacial score (nSPS) is 20.6. The van der Waals surface area contributed by atoms with Crippen LogP contribution in [0.3, 0.4) is 0 Å². The zero-order valence-corrected chi connectivity index (χ0v) is 11.2. The minimum absolute atomic E-state index is 0.0388. The van der Waals surface area contributed by atoms with Gasteiger partial charge in [-0.15, -0.1) is 0 Å². The molecule has 2 rings (SSSR count). The molecule has 1 fully saturated rings. The topological polar surface area (TPSA) is 46.3 Å². The summed E-state index contributed by atoms with van der Waals surface area (Å²) in [5.74, 6) is 0.0388. The van der Waals surface area contributed by atoms with E-state index in [1.807, 2.05) is 29.2 Å². The number of halogens is 1. The van der Waals surface area contributed by atoms with E-state index in [2.05, 4.69) is 0 Å². The molecule has 2 N–H and O–H groups in total. The summed E-state index contributed by atoms with van der Waals surface area (Å²) in [6, 6.07) is 7.94. The Bertz CT molecular complexity index is 405. The zero-order chi connectivity index (χ0) is 13.0. The van der Waals surface area contributed by atoms with Crippen LogP contribution >= 0.6 is 11.6 Å². The Morgan fingerprint density at radius 3 is 2.67 bits per heavy atom. The monoisotopic (exact) mass is 266 g/mol. The van der Waals surface area contributed by atoms with Crippen LogP contribution in [0.15, 0.2) is 24.3 Å². The Hall–Kier alpha value is -1.06. The average Bonchev–Trinajstić information content (AvgIpc) is 2.64. The van der Waals surface area contributed by atoms with Gasteiger partial charge in [0, 0.05) is 11.6 Å². The molecule has 1 aromatic carbocycles. The maximum Gasteiger partial charge on any atom is 0.236 e. The van der Waals surface area contributed by atoms with Crippen molar-refractivity contribution in [2.75, 3.05) is 13.1 Å². The van der Waals surface area contributed by atoms with E-state index >= 15 is 0 Å². The highest BCUT2D eigenvalue weighted by Gasteiger charge is 2.25. The molecule has 1 amide bonds. The van der Waals surface area contributed by atoms with Crippen molar-refractivity contribution >= 4 is 17.5 Å². The second-order valence-electron chi connectivity index (χ2n) is 4.71. The Morgan fingerprint density at radius 1 is 1.28 bits per heavy atom. The maximum atomic E-state index is 11.9. The van der Waals surface area contributed by atoms with Crippen molar-refractivity contribution in [3.05, 3.63) is 34.9 Å². The lowest BCUT2D eigenvalue weighted by Gasteiger charge is -2.30. The van der Waals surface area contributed by atoms with Crippen molar-refractivity contribution in [2.45, 2.75) is 31.7 Å². The second kappa shape index (κ2) is 6.21. The highest BCUT2D eigenvalue weighted by Crippen LogP contribution is 2.30. The number of rotatable bonds is 2. The van der Waals surface area contributed by atoms with Gasteiger partial charge in [0.05, 0.1) is 12.6 Å². The molecule has 0 aliphatic carbocycles. The number of hydrogen-bond donors (Lipinski definition) is 1. The number of carbonyl (C=O) groups is 1. The molecule has 1 aliphatic heterocycles. The fourth-order valence-electron chi connectivity index (χ4n) is 2.56. The quantitative estimate of drug-likeness (QED) is 0.895. The van der Waals surface area contributed by atoms with Gasteiger partial charge in [-0.25, -0.2) is 0 Å². The molecule has 1 unspecified atom stereocenters. The maximum absolute atomic E-state index is 11.9. The third kappa shape index (κ3) is 3.03. The number of nitrogens with zero attached hydrogens (tertiary/aromatic N) is 1. The Balaban J connectivity index is 2.24. The van der Waals surface area contributed by atoms with Crippen molar-refractivity contribution in [3.8, 4) is 0 Å². The third-order valence-electron chi connectivity index (χ3n) is 3.50. The first-order valence-corrected chi connectivity index (χ1v) is 6.85. The number of nitrogens with two attached hydrogens (primary N) is 1. The summed E-state index contributed by atoms with van der Waals surface area (Å²) in [5, 5.41) is 0.726. The predicted octanol–water partition coefficient (Wildman–Crippen LogP) is 2.74. The molecule has 1 atom stereocenters. The molecule has 0 spiro atoms. The van der Waals surface area contributed by atoms with Gasteiger partial charge in [0.1, 0.15) is 0 Å². The summed E-state index contributed by atoms with van der Waals surface area (Å²) in [4.78, 5) is 13.9. The molecule has 1 heterocycles. The molecular formula is C14H19ClN2O. The van der Waals surface area contributed by atoms with Gasteiger partial charge in [-0.2, -0.15) is 0 Å². The first-order chi connectivity index (χ1) is 8.72. The standard InChI is InChI=1S/C14H19ClN2O/c15-12-7-5-11(6-8-12)13-4-2-1-3-9-17(13)14(18)10-16/h5-8,13H,1-4,9-10,16H2. The lowest BCUT2D eigenvalue weighted by Crippen LogP contribution is -2.38. The fraction of sp³-hybridized carbons (Fsp3) is 0.500. The first-order valence-electron chi connectivity index (χ1n) is 6.47. The molecular weight excluding hydrogens is 248 g/mol. The minimum Gasteiger partial charge on any atom is -0.335 e. The van der Waals surface area contributed by atoms with Gasteiger partial charge in [0.15, 0.2) is 0 Å². The lowest BCUT2D eigenvalue weighted by molar-refractivity contribution is -0.132. The summed E-state index contributed by atoms with van der Waals surface area (Å²) in [7, 11) is 0. The largest absolute Gasteiger partial charge is 0.335 e. The first kappa shape index (κ1) is 13.4. The molecule has 1 saturated heterocycles. The predicted molar refractivity (Wildman–Crippen MR) is 73.4 cm³/mol. The number of likely N-dealkylation sites (tertiary alicyclic amines) is 1. The van der Waals surface area contributed by atoms with Crippen LogP contribution in [0.4, 0.5) is 0 Å². The van der Waals surface area contributed by atoms with E-state index in [1.165, 1.54) is 6.42 Å². The van der Waals surface area contributed by atoms with Crippen LogP contribution in [0, 0.1) is 0 Å². The number of amides is 1. The van der Waals surface area contributed by atoms with E-state index in [9.17, 15) is 4.79 Å². The molecule has 98 valence electrons. The second-order valence-corrected chi connectivity index (χ2v) is 5.14. The number of carbonyl (C=O) groups excluding carboxylic acids is 1. The molecule has 4 heteroatoms. The van der Waals surface area contributed by atoms with Gasteiger partial charge in [-0.3, -0.25) is 4.79 Å². The molecule has 0 radical (unpaired) electrons. The van der Waals surface area contributed by atoms with Crippen LogP contribution in [0.25, 0.3) is 0 Å². The average molecular weight is 267 g/mol. The molecule has 1 aromatic rings. The van der Waals surface area contributed by atoms with E-state index in [0.717, 1.165) is 36.4 Å². The van der Waals surface area contributed by atoms with Crippen molar-refractivity contribution in [2.24, 2.45) is 5.73 Å². The fourth-order valence-corrected chi connectivity index (χ4v) is 2.68. The molecule has 1 aliphatic rings. The van der Waals surface area contributed by atoms with Crippen molar-refractivity contribution < 1.29 is 4.79 Å². The van der Waals surface area contributed by atoms with Crippen molar-refractivity contribution in [3.63, 3.8) is 0 Å². The smallest absolute Gasteiger partial charge is 0.236 e. The van der Waals surface area contributed by atoms with Crippen molar-refractivity contribution in [1.82, 2.24) is 4.90 Å². The van der Waals surface area contributed by atoms with Gasteiger partial charge in [-0.1, -0.05) is 36.6 Å². The highest BCUT2D eigenvalue weighted by atomic mass is 35.5. The molecule has 18 heavy (non-hydrogen) atoms. The Morgan fingerprint density at radius 2 is 2.00 bits per heavy atom. The third-order valence-corrected chi connectivity index (χ3v) is 3.75. The van der Waals surface area contributed by atoms with Crippen molar-refractivity contribution in [1.29, 1.82) is 0 Å². The van der Waals surface area contributed by atoms with Gasteiger partial charge < -0.3 is 10.6 Å². The number of benzene rings is 1. The van der Waals surface area contributed by atoms with Crippen LogP contribution in [-0.2, 0) is 4.79 Å². The van der Waals surface area contributed by atoms with E-state index in [-0.39, 0.29) is 18.5 Å². The summed E-state index contributed by atoms with van der Waals surface area (Å²) >= 11 is 5.91. The Labute approximate surface area is 113 Å². The van der Waals surface area contributed by atoms with E-state index in [4.69, 9.17) is 17.3 Å².